The zero-order valence-electron chi connectivity index (χ0n) is 15.2. The quantitative estimate of drug-likeness (QED) is 0.675. The second-order valence-corrected chi connectivity index (χ2v) is 6.87. The lowest BCUT2D eigenvalue weighted by molar-refractivity contribution is -0.151. The Labute approximate surface area is 145 Å². The lowest BCUT2D eigenvalue weighted by Crippen LogP contribution is -2.49. The summed E-state index contributed by atoms with van der Waals surface area (Å²) in [5.41, 5.74) is 0. The maximum atomic E-state index is 12.9. The van der Waals surface area contributed by atoms with Gasteiger partial charge in [0.15, 0.2) is 0 Å². The molecular weight excluding hydrogens is 308 g/mol. The van der Waals surface area contributed by atoms with Crippen molar-refractivity contribution in [2.24, 2.45) is 11.8 Å². The smallest absolute Gasteiger partial charge is 0.326 e. The molecule has 6 heteroatoms. The number of nitrogens with one attached hydrogen (secondary N) is 1. The van der Waals surface area contributed by atoms with Crippen molar-refractivity contribution >= 4 is 17.8 Å². The molecule has 0 heterocycles. The summed E-state index contributed by atoms with van der Waals surface area (Å²) in [5, 5.41) is 11.9. The molecule has 2 atom stereocenters. The normalized spacial score (nSPS) is 17.8. The lowest BCUT2D eigenvalue weighted by atomic mass is 9.81. The highest BCUT2D eigenvalue weighted by Gasteiger charge is 2.31. The van der Waals surface area contributed by atoms with Gasteiger partial charge < -0.3 is 15.3 Å². The molecule has 0 saturated heterocycles. The van der Waals surface area contributed by atoms with Gasteiger partial charge in [0.2, 0.25) is 11.8 Å². The number of amides is 2. The van der Waals surface area contributed by atoms with Crippen LogP contribution < -0.4 is 5.32 Å². The van der Waals surface area contributed by atoms with E-state index >= 15 is 0 Å². The van der Waals surface area contributed by atoms with Crippen LogP contribution in [0.4, 0.5) is 0 Å². The Morgan fingerprint density at radius 2 is 1.83 bits per heavy atom. The summed E-state index contributed by atoms with van der Waals surface area (Å²) < 4.78 is 0. The van der Waals surface area contributed by atoms with Crippen molar-refractivity contribution in [3.05, 3.63) is 0 Å². The van der Waals surface area contributed by atoms with Crippen molar-refractivity contribution in [1.29, 1.82) is 0 Å². The minimum Gasteiger partial charge on any atom is -0.480 e. The van der Waals surface area contributed by atoms with Crippen molar-refractivity contribution in [2.45, 2.75) is 71.8 Å². The average Bonchev–Trinajstić information content (AvgIpc) is 2.56. The molecule has 2 N–H and O–H groups in total. The molecular formula is C18H32N2O4. The first-order chi connectivity index (χ1) is 11.4. The maximum absolute atomic E-state index is 12.9. The molecule has 1 fully saturated rings. The minimum atomic E-state index is -1.02. The van der Waals surface area contributed by atoms with Crippen LogP contribution >= 0.6 is 0 Å². The van der Waals surface area contributed by atoms with Crippen LogP contribution in [0.5, 0.6) is 0 Å². The fraction of sp³-hybridized carbons (Fsp3) is 0.833. The van der Waals surface area contributed by atoms with Crippen LogP contribution in [0.25, 0.3) is 0 Å². The van der Waals surface area contributed by atoms with Crippen LogP contribution in [0.1, 0.15) is 65.7 Å². The molecule has 0 aromatic heterocycles. The summed E-state index contributed by atoms with van der Waals surface area (Å²) in [6.45, 7) is 5.43. The van der Waals surface area contributed by atoms with Crippen LogP contribution in [-0.4, -0.2) is 46.9 Å². The molecule has 138 valence electrons. The fourth-order valence-corrected chi connectivity index (χ4v) is 3.48. The summed E-state index contributed by atoms with van der Waals surface area (Å²) in [6.07, 6.45) is 7.64. The third kappa shape index (κ3) is 6.49. The molecule has 1 aliphatic carbocycles. The Morgan fingerprint density at radius 3 is 2.33 bits per heavy atom. The molecule has 0 aliphatic heterocycles. The Balaban J connectivity index is 2.73. The van der Waals surface area contributed by atoms with Gasteiger partial charge in [-0.25, -0.2) is 4.79 Å². The molecule has 0 aromatic carbocycles. The highest BCUT2D eigenvalue weighted by molar-refractivity contribution is 5.85. The topological polar surface area (TPSA) is 86.7 Å². The Morgan fingerprint density at radius 1 is 1.21 bits per heavy atom. The number of rotatable bonds is 9. The summed E-state index contributed by atoms with van der Waals surface area (Å²) in [4.78, 5) is 36.7. The third-order valence-electron chi connectivity index (χ3n) is 5.02. The first-order valence-corrected chi connectivity index (χ1v) is 9.14. The lowest BCUT2D eigenvalue weighted by Gasteiger charge is -2.32. The van der Waals surface area contributed by atoms with Gasteiger partial charge in [-0.1, -0.05) is 39.0 Å². The van der Waals surface area contributed by atoms with Gasteiger partial charge >= 0.3 is 5.97 Å². The second kappa shape index (κ2) is 10.3. The van der Waals surface area contributed by atoms with E-state index in [1.165, 1.54) is 50.9 Å². The van der Waals surface area contributed by atoms with E-state index in [0.717, 1.165) is 12.8 Å². The number of carbonyl (C=O) groups is 3. The predicted octanol–water partition coefficient (Wildman–Crippen LogP) is 2.42. The molecule has 2 unspecified atom stereocenters. The number of carboxylic acid groups (broad SMARTS) is 1. The third-order valence-corrected chi connectivity index (χ3v) is 5.02. The van der Waals surface area contributed by atoms with Crippen LogP contribution in [0.15, 0.2) is 0 Å². The molecule has 0 bridgehead atoms. The molecule has 24 heavy (non-hydrogen) atoms. The summed E-state index contributed by atoms with van der Waals surface area (Å²) >= 11 is 0. The van der Waals surface area contributed by atoms with Gasteiger partial charge in [0.05, 0.1) is 0 Å². The number of hydrogen-bond donors (Lipinski definition) is 2. The highest BCUT2D eigenvalue weighted by Crippen LogP contribution is 2.31. The van der Waals surface area contributed by atoms with Crippen LogP contribution in [0, 0.1) is 11.8 Å². The van der Waals surface area contributed by atoms with Gasteiger partial charge in [0.25, 0.3) is 0 Å². The van der Waals surface area contributed by atoms with E-state index in [0.29, 0.717) is 5.92 Å². The number of aliphatic carboxylic acids is 1. The molecule has 0 radical (unpaired) electrons. The van der Waals surface area contributed by atoms with Crippen molar-refractivity contribution in [3.8, 4) is 0 Å². The van der Waals surface area contributed by atoms with Crippen LogP contribution in [0.2, 0.25) is 0 Å². The van der Waals surface area contributed by atoms with E-state index < -0.39 is 12.0 Å². The second-order valence-electron chi connectivity index (χ2n) is 6.87. The number of carbonyl (C=O) groups excluding carboxylic acids is 2. The summed E-state index contributed by atoms with van der Waals surface area (Å²) in [7, 11) is 0. The van der Waals surface area contributed by atoms with Gasteiger partial charge in [0, 0.05) is 25.9 Å². The number of nitrogens with zero attached hydrogens (tertiary/aromatic N) is 1. The first-order valence-electron chi connectivity index (χ1n) is 9.14. The van der Waals surface area contributed by atoms with Crippen molar-refractivity contribution in [2.75, 3.05) is 13.1 Å². The van der Waals surface area contributed by atoms with Gasteiger partial charge in [0.1, 0.15) is 6.04 Å². The van der Waals surface area contributed by atoms with Gasteiger partial charge in [-0.15, -0.1) is 0 Å². The van der Waals surface area contributed by atoms with Crippen LogP contribution in [0.3, 0.4) is 0 Å². The van der Waals surface area contributed by atoms with E-state index in [1.54, 1.807) is 0 Å². The molecule has 1 aliphatic rings. The van der Waals surface area contributed by atoms with E-state index in [-0.39, 0.29) is 30.8 Å². The van der Waals surface area contributed by atoms with E-state index in [2.05, 4.69) is 5.32 Å². The van der Waals surface area contributed by atoms with E-state index in [1.807, 2.05) is 6.92 Å². The van der Waals surface area contributed by atoms with E-state index in [9.17, 15) is 19.5 Å². The molecule has 6 nitrogen and oxygen atoms in total. The molecule has 1 saturated carbocycles. The zero-order valence-corrected chi connectivity index (χ0v) is 15.2. The average molecular weight is 340 g/mol. The van der Waals surface area contributed by atoms with Crippen LogP contribution in [-0.2, 0) is 14.4 Å². The highest BCUT2D eigenvalue weighted by atomic mass is 16.4. The molecule has 2 amide bonds. The molecule has 1 rings (SSSR count). The SMILES string of the molecule is CCC(CC1CCCCC1)C(=O)N(CCNC(C)=O)C(C)C(=O)O. The van der Waals surface area contributed by atoms with Gasteiger partial charge in [-0.3, -0.25) is 9.59 Å². The Kier molecular flexibility index (Phi) is 8.79. The van der Waals surface area contributed by atoms with Gasteiger partial charge in [-0.2, -0.15) is 0 Å². The van der Waals surface area contributed by atoms with Gasteiger partial charge in [-0.05, 0) is 25.7 Å². The maximum Gasteiger partial charge on any atom is 0.326 e. The summed E-state index contributed by atoms with van der Waals surface area (Å²) in [6, 6.07) is -0.883. The van der Waals surface area contributed by atoms with Crippen molar-refractivity contribution in [3.63, 3.8) is 0 Å². The Hall–Kier alpha value is -1.59. The zero-order chi connectivity index (χ0) is 18.1. The summed E-state index contributed by atoms with van der Waals surface area (Å²) in [5.74, 6) is -0.848. The van der Waals surface area contributed by atoms with E-state index in [4.69, 9.17) is 0 Å². The monoisotopic (exact) mass is 340 g/mol. The van der Waals surface area contributed by atoms with Crippen molar-refractivity contribution < 1.29 is 19.5 Å². The van der Waals surface area contributed by atoms with Crippen molar-refractivity contribution in [1.82, 2.24) is 10.2 Å². The predicted molar refractivity (Wildman–Crippen MR) is 92.5 cm³/mol. The standard InChI is InChI=1S/C18H32N2O4/c1-4-16(12-15-8-6-5-7-9-15)17(22)20(13(2)18(23)24)11-10-19-14(3)21/h13,15-16H,4-12H2,1-3H3,(H,19,21)(H,23,24). The molecule has 0 spiro atoms. The Bertz CT molecular complexity index is 433. The minimum absolute atomic E-state index is 0.0941. The number of carboxylic acids is 1. The largest absolute Gasteiger partial charge is 0.480 e. The fourth-order valence-electron chi connectivity index (χ4n) is 3.48. The first kappa shape index (κ1) is 20.5. The number of hydrogen-bond acceptors (Lipinski definition) is 3. The molecule has 0 aromatic rings.